The largest absolute Gasteiger partial charge is 0.481 e. The zero-order chi connectivity index (χ0) is 22.0. The highest BCUT2D eigenvalue weighted by Crippen LogP contribution is 2.01. The summed E-state index contributed by atoms with van der Waals surface area (Å²) in [5, 5.41) is 42.7. The van der Waals surface area contributed by atoms with Crippen LogP contribution in [0.1, 0.15) is 26.7 Å². The predicted octanol–water partition coefficient (Wildman–Crippen LogP) is -3.89. The van der Waals surface area contributed by atoms with Gasteiger partial charge < -0.3 is 42.1 Å². The summed E-state index contributed by atoms with van der Waals surface area (Å²) in [6, 6.07) is -5.63. The number of rotatable bonds is 12. The van der Waals surface area contributed by atoms with E-state index in [-0.39, 0.29) is 6.42 Å². The molecule has 0 aromatic carbocycles. The van der Waals surface area contributed by atoms with Crippen LogP contribution in [0.3, 0.4) is 0 Å². The lowest BCUT2D eigenvalue weighted by Crippen LogP contribution is -2.59. The first kappa shape index (κ1) is 25.2. The molecule has 0 saturated heterocycles. The van der Waals surface area contributed by atoms with E-state index in [2.05, 4.69) is 10.6 Å². The van der Waals surface area contributed by atoms with Crippen LogP contribution in [0, 0.1) is 0 Å². The van der Waals surface area contributed by atoms with Gasteiger partial charge in [-0.25, -0.2) is 4.79 Å². The molecule has 0 saturated carbocycles. The molecular weight excluding hydrogens is 380 g/mol. The second kappa shape index (κ2) is 11.8. The number of hydrogen-bond donors (Lipinski definition) is 8. The first-order valence-corrected chi connectivity index (χ1v) is 8.30. The third-order valence-corrected chi connectivity index (χ3v) is 3.56. The standard InChI is InChI=1S/C15H26N4O9/c1-6(16)12(24)17-8(3-4-10(22)23)13(25)18-9(5-20)14(26)19-11(7(2)21)15(27)28/h6-9,11,20-21H,3-5,16H2,1-2H3,(H,17,24)(H,18,25)(H,19,26)(H,22,23)(H,27,28). The molecule has 5 unspecified atom stereocenters. The maximum atomic E-state index is 12.3. The van der Waals surface area contributed by atoms with Gasteiger partial charge in [-0.1, -0.05) is 0 Å². The minimum atomic E-state index is -1.68. The van der Waals surface area contributed by atoms with Crippen molar-refractivity contribution in [3.8, 4) is 0 Å². The molecule has 13 nitrogen and oxygen atoms in total. The van der Waals surface area contributed by atoms with Gasteiger partial charge in [-0.2, -0.15) is 0 Å². The highest BCUT2D eigenvalue weighted by Gasteiger charge is 2.31. The van der Waals surface area contributed by atoms with Crippen molar-refractivity contribution in [1.29, 1.82) is 0 Å². The number of hydrogen-bond acceptors (Lipinski definition) is 8. The Morgan fingerprint density at radius 1 is 0.893 bits per heavy atom. The van der Waals surface area contributed by atoms with Crippen LogP contribution < -0.4 is 21.7 Å². The molecule has 5 atom stereocenters. The smallest absolute Gasteiger partial charge is 0.328 e. The van der Waals surface area contributed by atoms with Gasteiger partial charge in [-0.3, -0.25) is 19.2 Å². The summed E-state index contributed by atoms with van der Waals surface area (Å²) in [7, 11) is 0. The first-order chi connectivity index (χ1) is 12.9. The van der Waals surface area contributed by atoms with E-state index in [1.165, 1.54) is 6.92 Å². The minimum absolute atomic E-state index is 0.315. The normalized spacial score (nSPS) is 16.0. The van der Waals surface area contributed by atoms with Crippen LogP contribution in [0.4, 0.5) is 0 Å². The summed E-state index contributed by atoms with van der Waals surface area (Å²) < 4.78 is 0. The van der Waals surface area contributed by atoms with E-state index in [0.29, 0.717) is 0 Å². The number of nitrogens with one attached hydrogen (secondary N) is 3. The van der Waals surface area contributed by atoms with Crippen molar-refractivity contribution in [3.63, 3.8) is 0 Å². The molecule has 0 spiro atoms. The van der Waals surface area contributed by atoms with Crippen LogP contribution in [0.15, 0.2) is 0 Å². The summed E-state index contributed by atoms with van der Waals surface area (Å²) in [6.07, 6.45) is -2.24. The molecule has 160 valence electrons. The van der Waals surface area contributed by atoms with E-state index < -0.39 is 73.0 Å². The predicted molar refractivity (Wildman–Crippen MR) is 92.7 cm³/mol. The molecule has 0 radical (unpaired) electrons. The van der Waals surface area contributed by atoms with Crippen molar-refractivity contribution >= 4 is 29.7 Å². The van der Waals surface area contributed by atoms with Crippen LogP contribution >= 0.6 is 0 Å². The third-order valence-electron chi connectivity index (χ3n) is 3.56. The molecule has 9 N–H and O–H groups in total. The second-order valence-electron chi connectivity index (χ2n) is 6.09. The van der Waals surface area contributed by atoms with Gasteiger partial charge in [-0.15, -0.1) is 0 Å². The highest BCUT2D eigenvalue weighted by atomic mass is 16.4. The Labute approximate surface area is 160 Å². The Hall–Kier alpha value is -2.77. The van der Waals surface area contributed by atoms with Gasteiger partial charge in [-0.05, 0) is 20.3 Å². The van der Waals surface area contributed by atoms with Gasteiger partial charge in [0.25, 0.3) is 0 Å². The Bertz CT molecular complexity index is 594. The van der Waals surface area contributed by atoms with E-state index in [0.717, 1.165) is 6.92 Å². The number of carboxylic acids is 2. The molecule has 0 aliphatic carbocycles. The molecule has 0 rings (SSSR count). The summed E-state index contributed by atoms with van der Waals surface area (Å²) in [5.74, 6) is -5.58. The molecule has 28 heavy (non-hydrogen) atoms. The lowest BCUT2D eigenvalue weighted by molar-refractivity contribution is -0.145. The Morgan fingerprint density at radius 2 is 1.39 bits per heavy atom. The van der Waals surface area contributed by atoms with Gasteiger partial charge in [0.2, 0.25) is 17.7 Å². The number of nitrogens with two attached hydrogens (primary N) is 1. The van der Waals surface area contributed by atoms with Gasteiger partial charge in [0.05, 0.1) is 18.8 Å². The molecule has 0 aromatic heterocycles. The molecule has 0 aliphatic heterocycles. The van der Waals surface area contributed by atoms with E-state index >= 15 is 0 Å². The van der Waals surface area contributed by atoms with E-state index in [9.17, 15) is 34.2 Å². The molecule has 0 fully saturated rings. The zero-order valence-corrected chi connectivity index (χ0v) is 15.4. The second-order valence-corrected chi connectivity index (χ2v) is 6.09. The Morgan fingerprint density at radius 3 is 1.79 bits per heavy atom. The molecular formula is C15H26N4O9. The molecule has 0 heterocycles. The average Bonchev–Trinajstić information content (AvgIpc) is 2.59. The van der Waals surface area contributed by atoms with E-state index in [1.54, 1.807) is 0 Å². The topological polar surface area (TPSA) is 228 Å². The summed E-state index contributed by atoms with van der Waals surface area (Å²) in [4.78, 5) is 57.9. The third kappa shape index (κ3) is 8.75. The van der Waals surface area contributed by atoms with Gasteiger partial charge >= 0.3 is 11.9 Å². The average molecular weight is 406 g/mol. The first-order valence-electron chi connectivity index (χ1n) is 8.30. The fourth-order valence-corrected chi connectivity index (χ4v) is 1.95. The van der Waals surface area contributed by atoms with Crippen molar-refractivity contribution in [2.45, 2.75) is 57.0 Å². The number of carbonyl (C=O) groups excluding carboxylic acids is 3. The van der Waals surface area contributed by atoms with E-state index in [4.69, 9.17) is 15.9 Å². The van der Waals surface area contributed by atoms with Crippen molar-refractivity contribution in [2.24, 2.45) is 5.73 Å². The zero-order valence-electron chi connectivity index (χ0n) is 15.4. The molecule has 0 bridgehead atoms. The summed E-state index contributed by atoms with van der Waals surface area (Å²) in [6.45, 7) is 1.54. The SMILES string of the molecule is CC(N)C(=O)NC(CCC(=O)O)C(=O)NC(CO)C(=O)NC(C(=O)O)C(C)O. The summed E-state index contributed by atoms with van der Waals surface area (Å²) >= 11 is 0. The van der Waals surface area contributed by atoms with Crippen molar-refractivity contribution in [2.75, 3.05) is 6.61 Å². The number of aliphatic carboxylic acids is 2. The molecule has 3 amide bonds. The van der Waals surface area contributed by atoms with Gasteiger partial charge in [0.15, 0.2) is 6.04 Å². The van der Waals surface area contributed by atoms with Crippen LogP contribution in [-0.2, 0) is 24.0 Å². The van der Waals surface area contributed by atoms with Crippen molar-refractivity contribution < 1.29 is 44.4 Å². The fraction of sp³-hybridized carbons (Fsp3) is 0.667. The van der Waals surface area contributed by atoms with Crippen molar-refractivity contribution in [1.82, 2.24) is 16.0 Å². The number of aliphatic hydroxyl groups is 2. The number of aliphatic hydroxyl groups excluding tert-OH is 2. The van der Waals surface area contributed by atoms with Crippen molar-refractivity contribution in [3.05, 3.63) is 0 Å². The number of amides is 3. The molecule has 0 aromatic rings. The maximum Gasteiger partial charge on any atom is 0.328 e. The van der Waals surface area contributed by atoms with Gasteiger partial charge in [0.1, 0.15) is 12.1 Å². The Kier molecular flexibility index (Phi) is 10.7. The van der Waals surface area contributed by atoms with Crippen LogP contribution in [0.5, 0.6) is 0 Å². The number of carboxylic acid groups (broad SMARTS) is 2. The monoisotopic (exact) mass is 406 g/mol. The van der Waals surface area contributed by atoms with E-state index in [1.807, 2.05) is 5.32 Å². The minimum Gasteiger partial charge on any atom is -0.481 e. The Balaban J connectivity index is 5.19. The quantitative estimate of drug-likeness (QED) is 0.157. The maximum absolute atomic E-state index is 12.3. The van der Waals surface area contributed by atoms with Gasteiger partial charge in [0, 0.05) is 6.42 Å². The number of carbonyl (C=O) groups is 5. The van der Waals surface area contributed by atoms with Crippen LogP contribution in [-0.4, -0.2) is 87.0 Å². The molecule has 0 aliphatic rings. The van der Waals surface area contributed by atoms with Crippen LogP contribution in [0.25, 0.3) is 0 Å². The lowest BCUT2D eigenvalue weighted by atomic mass is 10.1. The fourth-order valence-electron chi connectivity index (χ4n) is 1.95. The highest BCUT2D eigenvalue weighted by molar-refractivity contribution is 5.94. The summed E-state index contributed by atoms with van der Waals surface area (Å²) in [5.41, 5.74) is 5.38. The lowest BCUT2D eigenvalue weighted by Gasteiger charge is -2.24. The van der Waals surface area contributed by atoms with Crippen LogP contribution in [0.2, 0.25) is 0 Å². The molecule has 13 heteroatoms.